The van der Waals surface area contributed by atoms with E-state index in [0.29, 0.717) is 12.6 Å². The third-order valence-corrected chi connectivity index (χ3v) is 2.77. The van der Waals surface area contributed by atoms with Gasteiger partial charge < -0.3 is 10.1 Å². The molecule has 0 aliphatic carbocycles. The van der Waals surface area contributed by atoms with Crippen LogP contribution in [0.4, 0.5) is 0 Å². The van der Waals surface area contributed by atoms with Gasteiger partial charge in [0, 0.05) is 30.2 Å². The van der Waals surface area contributed by atoms with Gasteiger partial charge in [0.1, 0.15) is 0 Å². The first-order chi connectivity index (χ1) is 6.77. The quantitative estimate of drug-likeness (QED) is 0.872. The molecule has 0 bridgehead atoms. The van der Waals surface area contributed by atoms with Gasteiger partial charge in [0.15, 0.2) is 0 Å². The van der Waals surface area contributed by atoms with Gasteiger partial charge in [0.2, 0.25) is 0 Å². The first-order valence-corrected chi connectivity index (χ1v) is 5.32. The van der Waals surface area contributed by atoms with Crippen molar-refractivity contribution in [2.24, 2.45) is 0 Å². The molecule has 1 unspecified atom stereocenters. The second-order valence-corrected chi connectivity index (χ2v) is 3.93. The first-order valence-electron chi connectivity index (χ1n) is 4.53. The number of halogens is 1. The van der Waals surface area contributed by atoms with Crippen LogP contribution in [-0.2, 0) is 11.2 Å². The molecule has 3 nitrogen and oxygen atoms in total. The van der Waals surface area contributed by atoms with Crippen molar-refractivity contribution < 1.29 is 4.74 Å². The van der Waals surface area contributed by atoms with Gasteiger partial charge in [-0.1, -0.05) is 0 Å². The number of pyridine rings is 1. The van der Waals surface area contributed by atoms with Crippen molar-refractivity contribution >= 4 is 15.9 Å². The van der Waals surface area contributed by atoms with Gasteiger partial charge in [0.25, 0.3) is 0 Å². The summed E-state index contributed by atoms with van der Waals surface area (Å²) in [7, 11) is 3.64. The molecule has 0 saturated heterocycles. The predicted molar refractivity (Wildman–Crippen MR) is 60.4 cm³/mol. The summed E-state index contributed by atoms with van der Waals surface area (Å²) in [6.45, 7) is 0.694. The van der Waals surface area contributed by atoms with Crippen molar-refractivity contribution in [1.29, 1.82) is 0 Å². The lowest BCUT2D eigenvalue weighted by molar-refractivity contribution is 0.169. The Bertz CT molecular complexity index is 281. The Morgan fingerprint density at radius 1 is 1.64 bits per heavy atom. The smallest absolute Gasteiger partial charge is 0.0619 e. The zero-order chi connectivity index (χ0) is 10.4. The van der Waals surface area contributed by atoms with Gasteiger partial charge in [-0.3, -0.25) is 4.98 Å². The van der Waals surface area contributed by atoms with E-state index in [1.807, 2.05) is 19.2 Å². The zero-order valence-electron chi connectivity index (χ0n) is 8.46. The lowest BCUT2D eigenvalue weighted by Gasteiger charge is -2.14. The summed E-state index contributed by atoms with van der Waals surface area (Å²) in [6.07, 6.45) is 2.67. The van der Waals surface area contributed by atoms with Crippen LogP contribution in [0.25, 0.3) is 0 Å². The van der Waals surface area contributed by atoms with Crippen LogP contribution in [0.1, 0.15) is 5.69 Å². The summed E-state index contributed by atoms with van der Waals surface area (Å²) in [5.74, 6) is 0. The molecule has 0 radical (unpaired) electrons. The standard InChI is InChI=1S/C10H15BrN2O/c1-12-8(7-14-2)6-10-9(11)4-3-5-13-10/h3-5,8,12H,6-7H2,1-2H3. The number of nitrogens with one attached hydrogen (secondary N) is 1. The number of hydrogen-bond donors (Lipinski definition) is 1. The van der Waals surface area contributed by atoms with Gasteiger partial charge in [-0.15, -0.1) is 0 Å². The van der Waals surface area contributed by atoms with E-state index in [1.165, 1.54) is 0 Å². The number of rotatable bonds is 5. The Hall–Kier alpha value is -0.450. The summed E-state index contributed by atoms with van der Waals surface area (Å²) < 4.78 is 6.15. The molecule has 1 heterocycles. The number of hydrogen-bond acceptors (Lipinski definition) is 3. The van der Waals surface area contributed by atoms with Crippen LogP contribution in [0.2, 0.25) is 0 Å². The van der Waals surface area contributed by atoms with Crippen molar-refractivity contribution in [3.05, 3.63) is 28.5 Å². The minimum Gasteiger partial charge on any atom is -0.383 e. The molecule has 78 valence electrons. The molecule has 0 aliphatic heterocycles. The molecule has 1 rings (SSSR count). The van der Waals surface area contributed by atoms with Crippen molar-refractivity contribution in [2.45, 2.75) is 12.5 Å². The van der Waals surface area contributed by atoms with Crippen molar-refractivity contribution in [1.82, 2.24) is 10.3 Å². The van der Waals surface area contributed by atoms with E-state index in [9.17, 15) is 0 Å². The highest BCUT2D eigenvalue weighted by Crippen LogP contribution is 2.14. The normalized spacial score (nSPS) is 12.8. The van der Waals surface area contributed by atoms with Gasteiger partial charge >= 0.3 is 0 Å². The highest BCUT2D eigenvalue weighted by molar-refractivity contribution is 9.10. The molecular weight excluding hydrogens is 244 g/mol. The fourth-order valence-electron chi connectivity index (χ4n) is 1.25. The first kappa shape index (κ1) is 11.6. The van der Waals surface area contributed by atoms with E-state index < -0.39 is 0 Å². The summed E-state index contributed by atoms with van der Waals surface area (Å²) in [5.41, 5.74) is 1.06. The molecular formula is C10H15BrN2O. The topological polar surface area (TPSA) is 34.1 Å². The second-order valence-electron chi connectivity index (χ2n) is 3.08. The van der Waals surface area contributed by atoms with E-state index in [4.69, 9.17) is 4.74 Å². The van der Waals surface area contributed by atoms with E-state index in [-0.39, 0.29) is 0 Å². The number of methoxy groups -OCH3 is 1. The Balaban J connectivity index is 2.62. The van der Waals surface area contributed by atoms with E-state index in [1.54, 1.807) is 13.3 Å². The van der Waals surface area contributed by atoms with E-state index >= 15 is 0 Å². The van der Waals surface area contributed by atoms with Crippen LogP contribution < -0.4 is 5.32 Å². The zero-order valence-corrected chi connectivity index (χ0v) is 10.0. The SMILES string of the molecule is CNC(COC)Cc1ncccc1Br. The molecule has 1 aromatic rings. The predicted octanol–water partition coefficient (Wildman–Crippen LogP) is 1.62. The van der Waals surface area contributed by atoms with Crippen molar-refractivity contribution in [3.63, 3.8) is 0 Å². The van der Waals surface area contributed by atoms with Crippen molar-refractivity contribution in [2.75, 3.05) is 20.8 Å². The number of likely N-dealkylation sites (N-methyl/N-ethyl adjacent to an activating group) is 1. The monoisotopic (exact) mass is 258 g/mol. The van der Waals surface area contributed by atoms with Crippen LogP contribution in [-0.4, -0.2) is 31.8 Å². The number of aromatic nitrogens is 1. The third kappa shape index (κ3) is 3.36. The fraction of sp³-hybridized carbons (Fsp3) is 0.500. The molecule has 0 saturated carbocycles. The minimum atomic E-state index is 0.311. The average molecular weight is 259 g/mol. The van der Waals surface area contributed by atoms with Gasteiger partial charge in [-0.05, 0) is 35.1 Å². The summed E-state index contributed by atoms with van der Waals surface area (Å²) in [4.78, 5) is 4.31. The van der Waals surface area contributed by atoms with E-state index in [0.717, 1.165) is 16.6 Å². The summed E-state index contributed by atoms with van der Waals surface area (Å²) >= 11 is 3.47. The average Bonchev–Trinajstić information content (AvgIpc) is 2.20. The highest BCUT2D eigenvalue weighted by Gasteiger charge is 2.09. The molecule has 1 aromatic heterocycles. The Morgan fingerprint density at radius 3 is 3.00 bits per heavy atom. The highest BCUT2D eigenvalue weighted by atomic mass is 79.9. The molecule has 0 fully saturated rings. The molecule has 14 heavy (non-hydrogen) atoms. The van der Waals surface area contributed by atoms with Gasteiger partial charge in [-0.2, -0.15) is 0 Å². The third-order valence-electron chi connectivity index (χ3n) is 2.05. The second kappa shape index (κ2) is 6.11. The summed E-state index contributed by atoms with van der Waals surface area (Å²) in [6, 6.07) is 4.23. The maximum atomic E-state index is 5.10. The maximum absolute atomic E-state index is 5.10. The van der Waals surface area contributed by atoms with Crippen LogP contribution in [0.3, 0.4) is 0 Å². The Kier molecular flexibility index (Phi) is 5.07. The largest absolute Gasteiger partial charge is 0.383 e. The molecule has 0 spiro atoms. The lowest BCUT2D eigenvalue weighted by Crippen LogP contribution is -2.32. The van der Waals surface area contributed by atoms with Crippen LogP contribution in [0.15, 0.2) is 22.8 Å². The van der Waals surface area contributed by atoms with Crippen molar-refractivity contribution in [3.8, 4) is 0 Å². The Labute approximate surface area is 93.0 Å². The number of nitrogens with zero attached hydrogens (tertiary/aromatic N) is 1. The molecule has 1 N–H and O–H groups in total. The molecule has 0 amide bonds. The van der Waals surface area contributed by atoms with Crippen LogP contribution >= 0.6 is 15.9 Å². The molecule has 0 aliphatic rings. The molecule has 0 aromatic carbocycles. The lowest BCUT2D eigenvalue weighted by atomic mass is 10.1. The van der Waals surface area contributed by atoms with Gasteiger partial charge in [0.05, 0.1) is 12.3 Å². The Morgan fingerprint density at radius 2 is 2.43 bits per heavy atom. The fourth-order valence-corrected chi connectivity index (χ4v) is 1.66. The molecule has 1 atom stereocenters. The van der Waals surface area contributed by atoms with E-state index in [2.05, 4.69) is 26.2 Å². The van der Waals surface area contributed by atoms with Gasteiger partial charge in [-0.25, -0.2) is 0 Å². The maximum Gasteiger partial charge on any atom is 0.0619 e. The van der Waals surface area contributed by atoms with Crippen LogP contribution in [0, 0.1) is 0 Å². The molecule has 4 heteroatoms. The van der Waals surface area contributed by atoms with Crippen LogP contribution in [0.5, 0.6) is 0 Å². The minimum absolute atomic E-state index is 0.311. The number of ether oxygens (including phenoxy) is 1. The summed E-state index contributed by atoms with van der Waals surface area (Å²) in [5, 5.41) is 3.19.